The van der Waals surface area contributed by atoms with Gasteiger partial charge in [0.25, 0.3) is 10.0 Å². The molecule has 0 unspecified atom stereocenters. The van der Waals surface area contributed by atoms with Crippen LogP contribution in [0.1, 0.15) is 0 Å². The molecule has 0 aliphatic rings. The Bertz CT molecular complexity index is 684. The van der Waals surface area contributed by atoms with Crippen LogP contribution in [-0.4, -0.2) is 18.4 Å². The van der Waals surface area contributed by atoms with Gasteiger partial charge in [0.2, 0.25) is 5.95 Å². The standard InChI is InChI=1S/C10H8F2N4O2S/c11-6-1-7(12)3-8(2-6)16-19(17,18)9-4-14-10(13)15-5-9/h1-5,16H,(H2,13,14,15). The Morgan fingerprint density at radius 1 is 1.05 bits per heavy atom. The lowest BCUT2D eigenvalue weighted by Crippen LogP contribution is -2.14. The minimum absolute atomic E-state index is 0.0873. The van der Waals surface area contributed by atoms with E-state index in [0.717, 1.165) is 24.5 Å². The van der Waals surface area contributed by atoms with Crippen molar-refractivity contribution in [2.24, 2.45) is 0 Å². The van der Waals surface area contributed by atoms with E-state index in [1.54, 1.807) is 0 Å². The van der Waals surface area contributed by atoms with E-state index in [2.05, 4.69) is 9.97 Å². The first-order valence-electron chi connectivity index (χ1n) is 4.93. The van der Waals surface area contributed by atoms with Crippen molar-refractivity contribution in [3.8, 4) is 0 Å². The highest BCUT2D eigenvalue weighted by atomic mass is 32.2. The summed E-state index contributed by atoms with van der Waals surface area (Å²) in [5.41, 5.74) is 4.98. The Labute approximate surface area is 107 Å². The van der Waals surface area contributed by atoms with Gasteiger partial charge in [0, 0.05) is 6.07 Å². The van der Waals surface area contributed by atoms with Crippen molar-refractivity contribution in [1.82, 2.24) is 9.97 Å². The summed E-state index contributed by atoms with van der Waals surface area (Å²) in [5.74, 6) is -1.88. The van der Waals surface area contributed by atoms with Crippen LogP contribution < -0.4 is 10.5 Å². The number of rotatable bonds is 3. The molecule has 2 rings (SSSR count). The highest BCUT2D eigenvalue weighted by molar-refractivity contribution is 7.92. The van der Waals surface area contributed by atoms with Crippen molar-refractivity contribution in [2.45, 2.75) is 4.90 Å². The third kappa shape index (κ3) is 3.13. The van der Waals surface area contributed by atoms with Crippen LogP contribution in [0.25, 0.3) is 0 Å². The van der Waals surface area contributed by atoms with Crippen molar-refractivity contribution in [3.63, 3.8) is 0 Å². The van der Waals surface area contributed by atoms with Crippen molar-refractivity contribution < 1.29 is 17.2 Å². The lowest BCUT2D eigenvalue weighted by molar-refractivity contribution is 0.584. The van der Waals surface area contributed by atoms with Crippen LogP contribution in [0.15, 0.2) is 35.5 Å². The number of nitrogen functional groups attached to an aromatic ring is 1. The first-order valence-corrected chi connectivity index (χ1v) is 6.41. The second-order valence-corrected chi connectivity index (χ2v) is 5.22. The summed E-state index contributed by atoms with van der Waals surface area (Å²) < 4.78 is 51.6. The number of nitrogens with zero attached hydrogens (tertiary/aromatic N) is 2. The molecule has 6 nitrogen and oxygen atoms in total. The number of benzene rings is 1. The van der Waals surface area contributed by atoms with Crippen LogP contribution in [0.2, 0.25) is 0 Å². The SMILES string of the molecule is Nc1ncc(S(=O)(=O)Nc2cc(F)cc(F)c2)cn1. The molecule has 0 spiro atoms. The molecule has 0 aliphatic carbocycles. The first kappa shape index (κ1) is 13.1. The van der Waals surface area contributed by atoms with Gasteiger partial charge in [0.05, 0.1) is 18.1 Å². The van der Waals surface area contributed by atoms with Gasteiger partial charge in [-0.1, -0.05) is 0 Å². The van der Waals surface area contributed by atoms with Crippen LogP contribution in [0, 0.1) is 11.6 Å². The van der Waals surface area contributed by atoms with Gasteiger partial charge in [0.15, 0.2) is 0 Å². The Balaban J connectivity index is 2.33. The zero-order chi connectivity index (χ0) is 14.0. The Morgan fingerprint density at radius 3 is 2.11 bits per heavy atom. The number of nitrogens with one attached hydrogen (secondary N) is 1. The van der Waals surface area contributed by atoms with E-state index < -0.39 is 21.7 Å². The van der Waals surface area contributed by atoms with Crippen LogP contribution in [0.5, 0.6) is 0 Å². The van der Waals surface area contributed by atoms with Crippen LogP contribution in [-0.2, 0) is 10.0 Å². The molecule has 100 valence electrons. The summed E-state index contributed by atoms with van der Waals surface area (Å²) in [5, 5.41) is 0. The molecule has 2 aromatic rings. The molecule has 1 heterocycles. The minimum atomic E-state index is -4.03. The van der Waals surface area contributed by atoms with Gasteiger partial charge >= 0.3 is 0 Å². The summed E-state index contributed by atoms with van der Waals surface area (Å²) in [6.07, 6.45) is 1.97. The third-order valence-corrected chi connectivity index (χ3v) is 3.41. The summed E-state index contributed by atoms with van der Waals surface area (Å²) in [6, 6.07) is 2.32. The molecule has 0 amide bonds. The summed E-state index contributed by atoms with van der Waals surface area (Å²) in [7, 11) is -4.03. The molecular formula is C10H8F2N4O2S. The second-order valence-electron chi connectivity index (χ2n) is 3.54. The molecule has 3 N–H and O–H groups in total. The average Bonchev–Trinajstić information content (AvgIpc) is 2.27. The number of anilines is 2. The second kappa shape index (κ2) is 4.76. The normalized spacial score (nSPS) is 11.3. The van der Waals surface area contributed by atoms with Crippen LogP contribution >= 0.6 is 0 Å². The van der Waals surface area contributed by atoms with Gasteiger partial charge in [-0.15, -0.1) is 0 Å². The van der Waals surface area contributed by atoms with Gasteiger partial charge in [-0.25, -0.2) is 27.2 Å². The first-order chi connectivity index (χ1) is 8.87. The van der Waals surface area contributed by atoms with Gasteiger partial charge in [0.1, 0.15) is 16.5 Å². The summed E-state index contributed by atoms with van der Waals surface area (Å²) in [6.45, 7) is 0. The van der Waals surface area contributed by atoms with E-state index in [4.69, 9.17) is 5.73 Å². The number of aromatic nitrogens is 2. The minimum Gasteiger partial charge on any atom is -0.368 e. The molecule has 1 aromatic carbocycles. The maximum Gasteiger partial charge on any atom is 0.264 e. The molecule has 9 heteroatoms. The number of sulfonamides is 1. The van der Waals surface area contributed by atoms with E-state index in [0.29, 0.717) is 6.07 Å². The third-order valence-electron chi connectivity index (χ3n) is 2.07. The number of nitrogens with two attached hydrogens (primary N) is 1. The molecule has 0 fully saturated rings. The van der Waals surface area contributed by atoms with Crippen LogP contribution in [0.4, 0.5) is 20.4 Å². The monoisotopic (exact) mass is 286 g/mol. The quantitative estimate of drug-likeness (QED) is 0.881. The lowest BCUT2D eigenvalue weighted by Gasteiger charge is -2.07. The molecule has 19 heavy (non-hydrogen) atoms. The highest BCUT2D eigenvalue weighted by Gasteiger charge is 2.16. The van der Waals surface area contributed by atoms with Gasteiger partial charge in [-0.3, -0.25) is 4.72 Å². The molecule has 0 bridgehead atoms. The molecule has 0 saturated heterocycles. The zero-order valence-corrected chi connectivity index (χ0v) is 10.2. The predicted molar refractivity (Wildman–Crippen MR) is 63.6 cm³/mol. The lowest BCUT2D eigenvalue weighted by atomic mass is 10.3. The Kier molecular flexibility index (Phi) is 3.30. The molecule has 0 atom stereocenters. The van der Waals surface area contributed by atoms with E-state index in [9.17, 15) is 17.2 Å². The number of halogens is 2. The number of hydrogen-bond donors (Lipinski definition) is 2. The summed E-state index contributed by atoms with van der Waals surface area (Å²) >= 11 is 0. The predicted octanol–water partition coefficient (Wildman–Crippen LogP) is 1.14. The Morgan fingerprint density at radius 2 is 1.58 bits per heavy atom. The van der Waals surface area contributed by atoms with Crippen molar-refractivity contribution >= 4 is 21.7 Å². The van der Waals surface area contributed by atoms with Gasteiger partial charge < -0.3 is 5.73 Å². The van der Waals surface area contributed by atoms with E-state index >= 15 is 0 Å². The topological polar surface area (TPSA) is 98.0 Å². The Hall–Kier alpha value is -2.29. The van der Waals surface area contributed by atoms with E-state index in [-0.39, 0.29) is 16.5 Å². The highest BCUT2D eigenvalue weighted by Crippen LogP contribution is 2.17. The maximum atomic E-state index is 12.9. The smallest absolute Gasteiger partial charge is 0.264 e. The number of hydrogen-bond acceptors (Lipinski definition) is 5. The average molecular weight is 286 g/mol. The molecule has 1 aromatic heterocycles. The fourth-order valence-corrected chi connectivity index (χ4v) is 2.22. The van der Waals surface area contributed by atoms with Gasteiger partial charge in [-0.05, 0) is 12.1 Å². The zero-order valence-electron chi connectivity index (χ0n) is 9.34. The molecule has 0 radical (unpaired) electrons. The van der Waals surface area contributed by atoms with E-state index in [1.807, 2.05) is 4.72 Å². The van der Waals surface area contributed by atoms with Crippen molar-refractivity contribution in [3.05, 3.63) is 42.2 Å². The molecule has 0 aliphatic heterocycles. The van der Waals surface area contributed by atoms with Crippen molar-refractivity contribution in [2.75, 3.05) is 10.5 Å². The van der Waals surface area contributed by atoms with Crippen molar-refractivity contribution in [1.29, 1.82) is 0 Å². The molecular weight excluding hydrogens is 278 g/mol. The van der Waals surface area contributed by atoms with E-state index in [1.165, 1.54) is 0 Å². The largest absolute Gasteiger partial charge is 0.368 e. The fourth-order valence-electron chi connectivity index (χ4n) is 1.29. The maximum absolute atomic E-state index is 12.9. The van der Waals surface area contributed by atoms with Gasteiger partial charge in [-0.2, -0.15) is 0 Å². The summed E-state index contributed by atoms with van der Waals surface area (Å²) in [4.78, 5) is 6.77. The fraction of sp³-hybridized carbons (Fsp3) is 0. The molecule has 0 saturated carbocycles. The van der Waals surface area contributed by atoms with Crippen LogP contribution in [0.3, 0.4) is 0 Å².